The van der Waals surface area contributed by atoms with Crippen LogP contribution in [0.1, 0.15) is 16.2 Å². The fraction of sp³-hybridized carbons (Fsp3) is 0.0455. The van der Waals surface area contributed by atoms with Crippen molar-refractivity contribution in [3.63, 3.8) is 0 Å². The van der Waals surface area contributed by atoms with Crippen LogP contribution in [0.2, 0.25) is 0 Å². The van der Waals surface area contributed by atoms with Crippen molar-refractivity contribution in [3.05, 3.63) is 82.7 Å². The van der Waals surface area contributed by atoms with Crippen molar-refractivity contribution in [1.29, 1.82) is 0 Å². The molecule has 2 heterocycles. The molecule has 0 unspecified atom stereocenters. The highest BCUT2D eigenvalue weighted by molar-refractivity contribution is 9.10. The molecule has 0 fully saturated rings. The first-order chi connectivity index (χ1) is 14.0. The molecule has 2 aromatic heterocycles. The lowest BCUT2D eigenvalue weighted by molar-refractivity contribution is 0.0951. The van der Waals surface area contributed by atoms with Gasteiger partial charge in [0.25, 0.3) is 5.91 Å². The molecule has 4 rings (SSSR count). The smallest absolute Gasteiger partial charge is 0.293 e. The Kier molecular flexibility index (Phi) is 5.42. The van der Waals surface area contributed by atoms with Gasteiger partial charge in [-0.25, -0.2) is 0 Å². The van der Waals surface area contributed by atoms with Crippen LogP contribution in [0.15, 0.2) is 75.6 Å². The van der Waals surface area contributed by atoms with Crippen LogP contribution in [0.5, 0.6) is 0 Å². The summed E-state index contributed by atoms with van der Waals surface area (Å²) in [6.07, 6.45) is 0. The van der Waals surface area contributed by atoms with Crippen LogP contribution in [0, 0.1) is 6.92 Å². The van der Waals surface area contributed by atoms with Gasteiger partial charge in [0.1, 0.15) is 5.76 Å². The molecule has 2 N–H and O–H groups in total. The summed E-state index contributed by atoms with van der Waals surface area (Å²) < 4.78 is 6.65. The van der Waals surface area contributed by atoms with E-state index in [1.807, 2.05) is 61.5 Å². The molecule has 0 atom stereocenters. The summed E-state index contributed by atoms with van der Waals surface area (Å²) in [5, 5.41) is 6.82. The number of furan rings is 1. The summed E-state index contributed by atoms with van der Waals surface area (Å²) in [5.41, 5.74) is 3.45. The average Bonchev–Trinajstić information content (AvgIpc) is 3.19. The Morgan fingerprint density at radius 2 is 1.83 bits per heavy atom. The van der Waals surface area contributed by atoms with E-state index in [1.165, 1.54) is 0 Å². The number of anilines is 1. The second kappa shape index (κ2) is 8.14. The van der Waals surface area contributed by atoms with Gasteiger partial charge in [-0.2, -0.15) is 0 Å². The first-order valence-electron chi connectivity index (χ1n) is 8.84. The van der Waals surface area contributed by atoms with Gasteiger partial charge in [0.15, 0.2) is 10.9 Å². The predicted octanol–water partition coefficient (Wildman–Crippen LogP) is 5.69. The predicted molar refractivity (Wildman–Crippen MR) is 122 cm³/mol. The molecule has 0 saturated heterocycles. The Morgan fingerprint density at radius 3 is 2.62 bits per heavy atom. The third-order valence-corrected chi connectivity index (χ3v) is 5.04. The van der Waals surface area contributed by atoms with Crippen LogP contribution in [0.25, 0.3) is 22.2 Å². The van der Waals surface area contributed by atoms with E-state index in [0.29, 0.717) is 5.76 Å². The zero-order chi connectivity index (χ0) is 20.4. The number of halogens is 1. The highest BCUT2D eigenvalue weighted by Crippen LogP contribution is 2.24. The number of benzene rings is 2. The minimum atomic E-state index is -0.417. The molecule has 0 spiro atoms. The number of aryl methyl sites for hydroxylation is 1. The largest absolute Gasteiger partial charge is 0.451 e. The second-order valence-corrected chi connectivity index (χ2v) is 7.73. The zero-order valence-electron chi connectivity index (χ0n) is 15.4. The minimum Gasteiger partial charge on any atom is -0.451 e. The number of nitrogens with zero attached hydrogens (tertiary/aromatic N) is 1. The monoisotopic (exact) mass is 465 g/mol. The van der Waals surface area contributed by atoms with Gasteiger partial charge in [0.2, 0.25) is 0 Å². The molecule has 5 nitrogen and oxygen atoms in total. The molecule has 2 aromatic carbocycles. The molecule has 0 saturated carbocycles. The molecular weight excluding hydrogens is 450 g/mol. The molecule has 29 heavy (non-hydrogen) atoms. The van der Waals surface area contributed by atoms with Crippen LogP contribution in [-0.4, -0.2) is 16.0 Å². The molecule has 7 heteroatoms. The lowest BCUT2D eigenvalue weighted by Gasteiger charge is -2.11. The highest BCUT2D eigenvalue weighted by atomic mass is 79.9. The van der Waals surface area contributed by atoms with Crippen molar-refractivity contribution in [2.24, 2.45) is 0 Å². The van der Waals surface area contributed by atoms with E-state index >= 15 is 0 Å². The molecule has 4 aromatic rings. The van der Waals surface area contributed by atoms with Gasteiger partial charge in [0, 0.05) is 26.8 Å². The number of carbonyl (C=O) groups excluding carboxylic acids is 1. The number of fused-ring (bicyclic) bond motifs is 1. The number of aromatic nitrogens is 1. The summed E-state index contributed by atoms with van der Waals surface area (Å²) in [6.45, 7) is 1.94. The highest BCUT2D eigenvalue weighted by Gasteiger charge is 2.14. The number of pyridine rings is 1. The van der Waals surface area contributed by atoms with Gasteiger partial charge < -0.3 is 9.73 Å². The lowest BCUT2D eigenvalue weighted by atomic mass is 10.1. The van der Waals surface area contributed by atoms with Crippen molar-refractivity contribution in [1.82, 2.24) is 10.3 Å². The summed E-state index contributed by atoms with van der Waals surface area (Å²) in [5.74, 6) is 0.374. The maximum Gasteiger partial charge on any atom is 0.293 e. The van der Waals surface area contributed by atoms with Crippen molar-refractivity contribution in [3.8, 4) is 11.3 Å². The Balaban J connectivity index is 1.47. The topological polar surface area (TPSA) is 67.2 Å². The van der Waals surface area contributed by atoms with Crippen LogP contribution in [-0.2, 0) is 0 Å². The third kappa shape index (κ3) is 4.36. The maximum absolute atomic E-state index is 12.5. The van der Waals surface area contributed by atoms with Gasteiger partial charge in [-0.3, -0.25) is 15.1 Å². The van der Waals surface area contributed by atoms with Crippen LogP contribution >= 0.6 is 28.1 Å². The summed E-state index contributed by atoms with van der Waals surface area (Å²) >= 11 is 8.70. The molecule has 1 amide bonds. The van der Waals surface area contributed by atoms with Crippen molar-refractivity contribution >= 4 is 55.8 Å². The molecule has 0 aliphatic carbocycles. The van der Waals surface area contributed by atoms with Gasteiger partial charge in [-0.05, 0) is 67.7 Å². The van der Waals surface area contributed by atoms with E-state index < -0.39 is 5.91 Å². The van der Waals surface area contributed by atoms with E-state index in [9.17, 15) is 4.79 Å². The Labute approximate surface area is 181 Å². The van der Waals surface area contributed by atoms with Crippen molar-refractivity contribution < 1.29 is 9.21 Å². The first kappa shape index (κ1) is 19.3. The van der Waals surface area contributed by atoms with E-state index in [-0.39, 0.29) is 10.9 Å². The normalized spacial score (nSPS) is 10.7. The van der Waals surface area contributed by atoms with Crippen LogP contribution < -0.4 is 10.6 Å². The van der Waals surface area contributed by atoms with Gasteiger partial charge >= 0.3 is 0 Å². The number of hydrogen-bond acceptors (Lipinski definition) is 4. The van der Waals surface area contributed by atoms with E-state index in [2.05, 4.69) is 31.5 Å². The molecule has 0 radical (unpaired) electrons. The standard InChI is InChI=1S/C22H16BrN3O2S/c1-13-5-10-16-17(24-13)3-2-4-18(16)25-22(29)26-21(27)20-12-11-19(28-20)14-6-8-15(23)9-7-14/h2-12H,1H3,(H2,25,26,27,29). The number of hydrogen-bond donors (Lipinski definition) is 2. The number of thiocarbonyl (C=S) groups is 1. The van der Waals surface area contributed by atoms with Crippen molar-refractivity contribution in [2.75, 3.05) is 5.32 Å². The van der Waals surface area contributed by atoms with Crippen LogP contribution in [0.3, 0.4) is 0 Å². The quantitative estimate of drug-likeness (QED) is 0.380. The first-order valence-corrected chi connectivity index (χ1v) is 10.0. The van der Waals surface area contributed by atoms with Crippen LogP contribution in [0.4, 0.5) is 5.69 Å². The van der Waals surface area contributed by atoms with Gasteiger partial charge in [0.05, 0.1) is 5.52 Å². The van der Waals surface area contributed by atoms with Crippen molar-refractivity contribution in [2.45, 2.75) is 6.92 Å². The fourth-order valence-corrected chi connectivity index (χ4v) is 3.38. The van der Waals surface area contributed by atoms with Gasteiger partial charge in [-0.15, -0.1) is 0 Å². The van der Waals surface area contributed by atoms with E-state index in [1.54, 1.807) is 12.1 Å². The Bertz CT molecular complexity index is 1220. The SMILES string of the molecule is Cc1ccc2c(NC(=S)NC(=O)c3ccc(-c4ccc(Br)cc4)o3)cccc2n1. The second-order valence-electron chi connectivity index (χ2n) is 6.40. The molecular formula is C22H16BrN3O2S. The fourth-order valence-electron chi connectivity index (χ4n) is 2.91. The number of rotatable bonds is 3. The summed E-state index contributed by atoms with van der Waals surface area (Å²) in [4.78, 5) is 17.0. The Morgan fingerprint density at radius 1 is 1.03 bits per heavy atom. The Hall–Kier alpha value is -3.03. The summed E-state index contributed by atoms with van der Waals surface area (Å²) in [7, 11) is 0. The summed E-state index contributed by atoms with van der Waals surface area (Å²) in [6, 6.07) is 20.6. The van der Waals surface area contributed by atoms with E-state index in [4.69, 9.17) is 16.6 Å². The molecule has 0 aliphatic heterocycles. The number of carbonyl (C=O) groups is 1. The molecule has 0 aliphatic rings. The third-order valence-electron chi connectivity index (χ3n) is 4.30. The molecule has 144 valence electrons. The maximum atomic E-state index is 12.5. The zero-order valence-corrected chi connectivity index (χ0v) is 17.8. The lowest BCUT2D eigenvalue weighted by Crippen LogP contribution is -2.33. The van der Waals surface area contributed by atoms with E-state index in [0.717, 1.165) is 32.3 Å². The number of amides is 1. The minimum absolute atomic E-state index is 0.183. The number of nitrogens with one attached hydrogen (secondary N) is 2. The average molecular weight is 466 g/mol. The molecule has 0 bridgehead atoms. The van der Waals surface area contributed by atoms with Gasteiger partial charge in [-0.1, -0.05) is 34.1 Å².